The van der Waals surface area contributed by atoms with E-state index in [1.165, 1.54) is 31.7 Å². The summed E-state index contributed by atoms with van der Waals surface area (Å²) in [6, 6.07) is 21.5. The Morgan fingerprint density at radius 2 is 1.43 bits per heavy atom. The molecule has 0 heterocycles. The van der Waals surface area contributed by atoms with Crippen molar-refractivity contribution in [3.63, 3.8) is 0 Å². The lowest BCUT2D eigenvalue weighted by molar-refractivity contribution is 0.0698. The second-order valence-corrected chi connectivity index (χ2v) is 8.38. The fourth-order valence-corrected chi connectivity index (χ4v) is 3.73. The Bertz CT molecular complexity index is 1190. The van der Waals surface area contributed by atoms with Crippen LogP contribution in [0.15, 0.2) is 72.8 Å². The fourth-order valence-electron chi connectivity index (χ4n) is 3.73. The number of hydrogen-bond donors (Lipinski definition) is 3. The number of anilines is 2. The monoisotopic (exact) mass is 468 g/mol. The average Bonchev–Trinajstić information content (AvgIpc) is 2.87. The number of nitrogens with one attached hydrogen (secondary N) is 2. The Morgan fingerprint density at radius 3 is 2.20 bits per heavy atom. The van der Waals surface area contributed by atoms with Crippen LogP contribution in [0.25, 0.3) is 0 Å². The Morgan fingerprint density at radius 1 is 0.743 bits per heavy atom. The first kappa shape index (κ1) is 25.6. The average molecular weight is 469 g/mol. The predicted octanol–water partition coefficient (Wildman–Crippen LogP) is 6.81. The molecule has 5 heteroatoms. The molecule has 0 unspecified atom stereocenters. The van der Waals surface area contributed by atoms with Crippen molar-refractivity contribution in [1.29, 1.82) is 0 Å². The highest BCUT2D eigenvalue weighted by atomic mass is 16.4. The van der Waals surface area contributed by atoms with Crippen LogP contribution in [-0.2, 0) is 0 Å². The zero-order chi connectivity index (χ0) is 24.9. The standard InChI is InChI=1S/C30H32N2O3/c1-2-3-4-5-6-12-21-31-28-22-24(18-17-23-13-8-7-9-14-23)19-20-25(28)29(33)32-27-16-11-10-15-26(27)30(34)35/h7-11,13-16,19-20,22,31H,2-6,12,21H2,1H3,(H,32,33)(H,34,35). The normalized spacial score (nSPS) is 10.2. The minimum absolute atomic E-state index is 0.0489. The van der Waals surface area contributed by atoms with E-state index in [-0.39, 0.29) is 17.2 Å². The van der Waals surface area contributed by atoms with Gasteiger partial charge in [0.15, 0.2) is 0 Å². The van der Waals surface area contributed by atoms with E-state index >= 15 is 0 Å². The first-order valence-electron chi connectivity index (χ1n) is 12.2. The Hall–Kier alpha value is -4.04. The van der Waals surface area contributed by atoms with Gasteiger partial charge in [0.25, 0.3) is 5.91 Å². The third-order valence-corrected chi connectivity index (χ3v) is 5.64. The Labute approximate surface area is 207 Å². The molecule has 1 amide bonds. The molecule has 0 aliphatic heterocycles. The van der Waals surface area contributed by atoms with Gasteiger partial charge in [-0.25, -0.2) is 4.79 Å². The fraction of sp³-hybridized carbons (Fsp3) is 0.267. The van der Waals surface area contributed by atoms with Crippen molar-refractivity contribution in [2.45, 2.75) is 45.4 Å². The summed E-state index contributed by atoms with van der Waals surface area (Å²) in [5.41, 5.74) is 3.15. The maximum Gasteiger partial charge on any atom is 0.337 e. The lowest BCUT2D eigenvalue weighted by Gasteiger charge is -2.14. The van der Waals surface area contributed by atoms with E-state index < -0.39 is 5.97 Å². The number of carboxylic acids is 1. The first-order valence-corrected chi connectivity index (χ1v) is 12.2. The van der Waals surface area contributed by atoms with Crippen LogP contribution in [0, 0.1) is 11.8 Å². The number of carbonyl (C=O) groups is 2. The molecule has 5 nitrogen and oxygen atoms in total. The highest BCUT2D eigenvalue weighted by molar-refractivity contribution is 6.10. The largest absolute Gasteiger partial charge is 0.478 e. The van der Waals surface area contributed by atoms with Gasteiger partial charge in [-0.1, -0.05) is 81.2 Å². The number of rotatable bonds is 11. The van der Waals surface area contributed by atoms with Crippen molar-refractivity contribution in [2.24, 2.45) is 0 Å². The summed E-state index contributed by atoms with van der Waals surface area (Å²) in [6.45, 7) is 2.95. The number of aromatic carboxylic acids is 1. The zero-order valence-electron chi connectivity index (χ0n) is 20.1. The quantitative estimate of drug-likeness (QED) is 0.213. The Balaban J connectivity index is 1.79. The molecule has 0 fully saturated rings. The third kappa shape index (κ3) is 8.04. The van der Waals surface area contributed by atoms with E-state index in [1.54, 1.807) is 24.3 Å². The molecule has 0 bridgehead atoms. The van der Waals surface area contributed by atoms with Gasteiger partial charge in [-0.15, -0.1) is 0 Å². The topological polar surface area (TPSA) is 78.4 Å². The van der Waals surface area contributed by atoms with Crippen LogP contribution in [0.3, 0.4) is 0 Å². The van der Waals surface area contributed by atoms with Crippen LogP contribution >= 0.6 is 0 Å². The highest BCUT2D eigenvalue weighted by Crippen LogP contribution is 2.22. The molecule has 0 saturated heterocycles. The smallest absolute Gasteiger partial charge is 0.337 e. The van der Waals surface area contributed by atoms with E-state index in [2.05, 4.69) is 29.4 Å². The molecule has 0 aromatic heterocycles. The summed E-state index contributed by atoms with van der Waals surface area (Å²) >= 11 is 0. The number of hydrogen-bond acceptors (Lipinski definition) is 3. The third-order valence-electron chi connectivity index (χ3n) is 5.64. The molecule has 0 spiro atoms. The number of para-hydroxylation sites is 1. The van der Waals surface area contributed by atoms with Crippen LogP contribution in [0.1, 0.15) is 77.3 Å². The predicted molar refractivity (Wildman–Crippen MR) is 142 cm³/mol. The SMILES string of the molecule is CCCCCCCCNc1cc(C#Cc2ccccc2)ccc1C(=O)Nc1ccccc1C(=O)O. The molecule has 0 aliphatic rings. The highest BCUT2D eigenvalue weighted by Gasteiger charge is 2.16. The summed E-state index contributed by atoms with van der Waals surface area (Å²) in [7, 11) is 0. The number of carbonyl (C=O) groups excluding carboxylic acids is 1. The van der Waals surface area contributed by atoms with Gasteiger partial charge < -0.3 is 15.7 Å². The molecule has 3 aromatic rings. The number of benzene rings is 3. The van der Waals surface area contributed by atoms with Crippen LogP contribution < -0.4 is 10.6 Å². The molecule has 0 atom stereocenters. The van der Waals surface area contributed by atoms with E-state index in [1.807, 2.05) is 42.5 Å². The summed E-state index contributed by atoms with van der Waals surface area (Å²) < 4.78 is 0. The van der Waals surface area contributed by atoms with Gasteiger partial charge in [-0.3, -0.25) is 4.79 Å². The minimum Gasteiger partial charge on any atom is -0.478 e. The molecule has 3 rings (SSSR count). The molecule has 3 aromatic carbocycles. The van der Waals surface area contributed by atoms with Crippen molar-refractivity contribution in [1.82, 2.24) is 0 Å². The van der Waals surface area contributed by atoms with Gasteiger partial charge in [-0.05, 0) is 48.9 Å². The molecule has 0 aliphatic carbocycles. The summed E-state index contributed by atoms with van der Waals surface area (Å²) in [4.78, 5) is 24.7. The summed E-state index contributed by atoms with van der Waals surface area (Å²) in [5.74, 6) is 4.86. The van der Waals surface area contributed by atoms with Crippen LogP contribution in [0.5, 0.6) is 0 Å². The Kier molecular flexibility index (Phi) is 9.95. The molecule has 3 N–H and O–H groups in total. The van der Waals surface area contributed by atoms with Gasteiger partial charge in [0.2, 0.25) is 0 Å². The van der Waals surface area contributed by atoms with Crippen molar-refractivity contribution < 1.29 is 14.7 Å². The van der Waals surface area contributed by atoms with Crippen LogP contribution in [0.4, 0.5) is 11.4 Å². The van der Waals surface area contributed by atoms with E-state index in [0.29, 0.717) is 11.3 Å². The van der Waals surface area contributed by atoms with Crippen molar-refractivity contribution in [3.05, 3.63) is 95.1 Å². The summed E-state index contributed by atoms with van der Waals surface area (Å²) in [6.07, 6.45) is 7.08. The van der Waals surface area contributed by atoms with Crippen molar-refractivity contribution in [2.75, 3.05) is 17.2 Å². The molecular formula is C30H32N2O3. The van der Waals surface area contributed by atoms with Gasteiger partial charge in [-0.2, -0.15) is 0 Å². The van der Waals surface area contributed by atoms with Crippen molar-refractivity contribution >= 4 is 23.3 Å². The van der Waals surface area contributed by atoms with Crippen molar-refractivity contribution in [3.8, 4) is 11.8 Å². The molecule has 180 valence electrons. The maximum absolute atomic E-state index is 13.1. The van der Waals surface area contributed by atoms with Gasteiger partial charge in [0, 0.05) is 23.4 Å². The second kappa shape index (κ2) is 13.6. The van der Waals surface area contributed by atoms with Gasteiger partial charge in [0.1, 0.15) is 0 Å². The van der Waals surface area contributed by atoms with Gasteiger partial charge in [0.05, 0.1) is 16.8 Å². The molecular weight excluding hydrogens is 436 g/mol. The second-order valence-electron chi connectivity index (χ2n) is 8.38. The lowest BCUT2D eigenvalue weighted by Crippen LogP contribution is -2.17. The van der Waals surface area contributed by atoms with Gasteiger partial charge >= 0.3 is 5.97 Å². The number of amides is 1. The molecule has 0 saturated carbocycles. The van der Waals surface area contributed by atoms with E-state index in [9.17, 15) is 14.7 Å². The number of unbranched alkanes of at least 4 members (excludes halogenated alkanes) is 5. The number of carboxylic acid groups (broad SMARTS) is 1. The van der Waals surface area contributed by atoms with E-state index in [0.717, 1.165) is 30.5 Å². The molecule has 0 radical (unpaired) electrons. The van der Waals surface area contributed by atoms with Crippen LogP contribution in [0.2, 0.25) is 0 Å². The van der Waals surface area contributed by atoms with E-state index in [4.69, 9.17) is 0 Å². The first-order chi connectivity index (χ1) is 17.1. The lowest BCUT2D eigenvalue weighted by atomic mass is 10.1. The molecule has 35 heavy (non-hydrogen) atoms. The summed E-state index contributed by atoms with van der Waals surface area (Å²) in [5, 5.41) is 15.6. The minimum atomic E-state index is -1.09. The zero-order valence-corrected chi connectivity index (χ0v) is 20.1. The van der Waals surface area contributed by atoms with Crippen LogP contribution in [-0.4, -0.2) is 23.5 Å². The maximum atomic E-state index is 13.1.